The first-order valence-electron chi connectivity index (χ1n) is 7.32. The van der Waals surface area contributed by atoms with Crippen molar-refractivity contribution < 1.29 is 4.74 Å². The first-order chi connectivity index (χ1) is 9.92. The van der Waals surface area contributed by atoms with Gasteiger partial charge < -0.3 is 10.1 Å². The minimum Gasteiger partial charge on any atom is -0.368 e. The van der Waals surface area contributed by atoms with Gasteiger partial charge in [-0.15, -0.1) is 11.3 Å². The van der Waals surface area contributed by atoms with Gasteiger partial charge in [-0.05, 0) is 24.8 Å². The Balaban J connectivity index is 1.75. The number of ether oxygens (including phenoxy) is 1. The highest BCUT2D eigenvalue weighted by atomic mass is 32.1. The van der Waals surface area contributed by atoms with Crippen molar-refractivity contribution >= 4 is 11.3 Å². The highest BCUT2D eigenvalue weighted by molar-refractivity contribution is 7.12. The molecule has 1 aliphatic heterocycles. The van der Waals surface area contributed by atoms with Crippen molar-refractivity contribution in [2.75, 3.05) is 19.7 Å². The summed E-state index contributed by atoms with van der Waals surface area (Å²) in [5.74, 6) is 0. The van der Waals surface area contributed by atoms with Gasteiger partial charge in [0.25, 0.3) is 0 Å². The van der Waals surface area contributed by atoms with E-state index in [1.807, 2.05) is 11.3 Å². The molecule has 104 valence electrons. The zero-order valence-electron chi connectivity index (χ0n) is 11.4. The summed E-state index contributed by atoms with van der Waals surface area (Å²) >= 11 is 1.84. The Bertz CT molecular complexity index is 617. The Hall–Kier alpha value is -1.23. The average molecular weight is 286 g/mol. The number of benzene rings is 1. The molecule has 0 amide bonds. The van der Waals surface area contributed by atoms with Crippen LogP contribution in [0.3, 0.4) is 0 Å². The molecule has 3 nitrogen and oxygen atoms in total. The fourth-order valence-corrected chi connectivity index (χ4v) is 4.19. The molecule has 0 bridgehead atoms. The standard InChI is InChI=1S/C16H18N2OS/c1-2-6-12-11(4-1)5-3-7-14-15(12)18-16(20-14)13-10-17-8-9-19-13/h1-2,4,6,13,17H,3,5,7-10H2. The van der Waals surface area contributed by atoms with Crippen LogP contribution in [0.25, 0.3) is 11.3 Å². The van der Waals surface area contributed by atoms with Gasteiger partial charge in [0.15, 0.2) is 0 Å². The molecule has 1 N–H and O–H groups in total. The zero-order valence-corrected chi connectivity index (χ0v) is 12.2. The molecule has 1 aromatic heterocycles. The predicted octanol–water partition coefficient (Wildman–Crippen LogP) is 2.96. The maximum atomic E-state index is 5.85. The molecule has 1 saturated heterocycles. The van der Waals surface area contributed by atoms with Gasteiger partial charge in [-0.1, -0.05) is 24.3 Å². The molecule has 1 unspecified atom stereocenters. The van der Waals surface area contributed by atoms with E-state index in [1.165, 1.54) is 28.1 Å². The minimum absolute atomic E-state index is 0.132. The van der Waals surface area contributed by atoms with Crippen molar-refractivity contribution in [2.24, 2.45) is 0 Å². The Labute approximate surface area is 123 Å². The smallest absolute Gasteiger partial charge is 0.124 e. The molecule has 4 heteroatoms. The number of hydrogen-bond donors (Lipinski definition) is 1. The highest BCUT2D eigenvalue weighted by Crippen LogP contribution is 2.37. The van der Waals surface area contributed by atoms with E-state index < -0.39 is 0 Å². The van der Waals surface area contributed by atoms with Crippen LogP contribution in [0.15, 0.2) is 24.3 Å². The van der Waals surface area contributed by atoms with E-state index in [2.05, 4.69) is 29.6 Å². The normalized spacial score (nSPS) is 21.9. The SMILES string of the molecule is c1ccc2c(c1)CCCc1sc(C3CNCCO3)nc1-2. The zero-order chi connectivity index (χ0) is 13.4. The topological polar surface area (TPSA) is 34.1 Å². The summed E-state index contributed by atoms with van der Waals surface area (Å²) in [5.41, 5.74) is 3.96. The van der Waals surface area contributed by atoms with Crippen molar-refractivity contribution in [1.82, 2.24) is 10.3 Å². The largest absolute Gasteiger partial charge is 0.368 e. The fourth-order valence-electron chi connectivity index (χ4n) is 3.02. The maximum Gasteiger partial charge on any atom is 0.124 e. The van der Waals surface area contributed by atoms with Crippen LogP contribution in [-0.2, 0) is 17.6 Å². The second-order valence-corrected chi connectivity index (χ2v) is 6.51. The van der Waals surface area contributed by atoms with Crippen LogP contribution in [-0.4, -0.2) is 24.7 Å². The first-order valence-corrected chi connectivity index (χ1v) is 8.13. The van der Waals surface area contributed by atoms with Gasteiger partial charge in [-0.2, -0.15) is 0 Å². The maximum absolute atomic E-state index is 5.85. The van der Waals surface area contributed by atoms with Crippen LogP contribution in [0.1, 0.15) is 28.0 Å². The number of fused-ring (bicyclic) bond motifs is 3. The number of hydrogen-bond acceptors (Lipinski definition) is 4. The molecule has 0 spiro atoms. The number of aryl methyl sites for hydroxylation is 2. The Morgan fingerprint density at radius 1 is 1.25 bits per heavy atom. The number of aromatic nitrogens is 1. The van der Waals surface area contributed by atoms with Crippen LogP contribution in [0.2, 0.25) is 0 Å². The molecule has 0 saturated carbocycles. The third-order valence-electron chi connectivity index (χ3n) is 4.04. The predicted molar refractivity (Wildman–Crippen MR) is 81.1 cm³/mol. The molecule has 2 aliphatic rings. The quantitative estimate of drug-likeness (QED) is 0.875. The van der Waals surface area contributed by atoms with Crippen LogP contribution in [0.4, 0.5) is 0 Å². The lowest BCUT2D eigenvalue weighted by atomic mass is 10.0. The molecule has 1 fully saturated rings. The summed E-state index contributed by atoms with van der Waals surface area (Å²) in [5, 5.41) is 4.52. The molecule has 0 radical (unpaired) electrons. The van der Waals surface area contributed by atoms with Gasteiger partial charge in [0.2, 0.25) is 0 Å². The van der Waals surface area contributed by atoms with Gasteiger partial charge in [-0.25, -0.2) is 4.98 Å². The molecular formula is C16H18N2OS. The lowest BCUT2D eigenvalue weighted by Gasteiger charge is -2.21. The summed E-state index contributed by atoms with van der Waals surface area (Å²) < 4.78 is 5.85. The summed E-state index contributed by atoms with van der Waals surface area (Å²) in [6, 6.07) is 8.70. The molecule has 2 heterocycles. The van der Waals surface area contributed by atoms with E-state index in [4.69, 9.17) is 9.72 Å². The molecule has 20 heavy (non-hydrogen) atoms. The molecular weight excluding hydrogens is 268 g/mol. The van der Waals surface area contributed by atoms with Crippen molar-refractivity contribution in [3.8, 4) is 11.3 Å². The minimum atomic E-state index is 0.132. The second-order valence-electron chi connectivity index (χ2n) is 5.40. The van der Waals surface area contributed by atoms with Crippen LogP contribution in [0, 0.1) is 0 Å². The lowest BCUT2D eigenvalue weighted by molar-refractivity contribution is 0.0276. The highest BCUT2D eigenvalue weighted by Gasteiger charge is 2.24. The van der Waals surface area contributed by atoms with E-state index in [9.17, 15) is 0 Å². The van der Waals surface area contributed by atoms with E-state index >= 15 is 0 Å². The summed E-state index contributed by atoms with van der Waals surface area (Å²) in [6.45, 7) is 2.62. The Kier molecular flexibility index (Phi) is 3.30. The van der Waals surface area contributed by atoms with Gasteiger partial charge >= 0.3 is 0 Å². The molecule has 1 atom stereocenters. The Morgan fingerprint density at radius 3 is 3.10 bits per heavy atom. The Morgan fingerprint density at radius 2 is 2.20 bits per heavy atom. The monoisotopic (exact) mass is 286 g/mol. The summed E-state index contributed by atoms with van der Waals surface area (Å²) in [7, 11) is 0. The van der Waals surface area contributed by atoms with Gasteiger partial charge in [-0.3, -0.25) is 0 Å². The van der Waals surface area contributed by atoms with Crippen molar-refractivity contribution in [2.45, 2.75) is 25.4 Å². The van der Waals surface area contributed by atoms with Crippen molar-refractivity contribution in [3.05, 3.63) is 39.7 Å². The fraction of sp³-hybridized carbons (Fsp3) is 0.438. The van der Waals surface area contributed by atoms with E-state index in [1.54, 1.807) is 0 Å². The first kappa shape index (κ1) is 12.5. The van der Waals surface area contributed by atoms with Gasteiger partial charge in [0, 0.05) is 23.5 Å². The number of thiazole rings is 1. The van der Waals surface area contributed by atoms with Crippen molar-refractivity contribution in [1.29, 1.82) is 0 Å². The average Bonchev–Trinajstić information content (AvgIpc) is 2.85. The third kappa shape index (κ3) is 2.18. The van der Waals surface area contributed by atoms with Crippen LogP contribution in [0.5, 0.6) is 0 Å². The molecule has 4 rings (SSSR count). The van der Waals surface area contributed by atoms with E-state index in [-0.39, 0.29) is 6.10 Å². The van der Waals surface area contributed by atoms with Crippen LogP contribution < -0.4 is 5.32 Å². The number of rotatable bonds is 1. The van der Waals surface area contributed by atoms with E-state index in [0.717, 1.165) is 37.5 Å². The number of nitrogens with zero attached hydrogens (tertiary/aromatic N) is 1. The van der Waals surface area contributed by atoms with E-state index in [0.29, 0.717) is 0 Å². The summed E-state index contributed by atoms with van der Waals surface area (Å²) in [4.78, 5) is 6.36. The molecule has 2 aromatic rings. The molecule has 1 aliphatic carbocycles. The summed E-state index contributed by atoms with van der Waals surface area (Å²) in [6.07, 6.45) is 3.65. The van der Waals surface area contributed by atoms with Crippen molar-refractivity contribution in [3.63, 3.8) is 0 Å². The van der Waals surface area contributed by atoms with Gasteiger partial charge in [0.05, 0.1) is 12.3 Å². The van der Waals surface area contributed by atoms with Gasteiger partial charge in [0.1, 0.15) is 11.1 Å². The second kappa shape index (κ2) is 5.28. The van der Waals surface area contributed by atoms with Crippen LogP contribution >= 0.6 is 11.3 Å². The molecule has 1 aromatic carbocycles. The number of morpholine rings is 1. The third-order valence-corrected chi connectivity index (χ3v) is 5.25. The lowest BCUT2D eigenvalue weighted by Crippen LogP contribution is -2.33. The number of nitrogens with one attached hydrogen (secondary N) is 1.